The highest BCUT2D eigenvalue weighted by atomic mass is 28.3. The zero-order valence-electron chi connectivity index (χ0n) is 41.3. The van der Waals surface area contributed by atoms with E-state index < -0.39 is 14.0 Å². The summed E-state index contributed by atoms with van der Waals surface area (Å²) in [6.45, 7) is 19.7. The van der Waals surface area contributed by atoms with Crippen LogP contribution in [0.3, 0.4) is 0 Å². The lowest BCUT2D eigenvalue weighted by atomic mass is 9.76. The number of carboxylic acid groups (broad SMARTS) is 1. The fourth-order valence-electron chi connectivity index (χ4n) is 9.80. The van der Waals surface area contributed by atoms with Crippen molar-refractivity contribution < 1.29 is 28.9 Å². The number of aromatic nitrogens is 8. The third kappa shape index (κ3) is 12.3. The lowest BCUT2D eigenvalue weighted by Crippen LogP contribution is -2.25. The van der Waals surface area contributed by atoms with Gasteiger partial charge in [0.2, 0.25) is 0 Å². The summed E-state index contributed by atoms with van der Waals surface area (Å²) in [7, 11) is -1.11. The van der Waals surface area contributed by atoms with Gasteiger partial charge in [-0.3, -0.25) is 19.3 Å². The number of benzene rings is 2. The van der Waals surface area contributed by atoms with E-state index >= 15 is 0 Å². The third-order valence-electron chi connectivity index (χ3n) is 13.9. The van der Waals surface area contributed by atoms with Crippen LogP contribution in [0.2, 0.25) is 25.7 Å². The summed E-state index contributed by atoms with van der Waals surface area (Å²) >= 11 is 0. The third-order valence-corrected chi connectivity index (χ3v) is 15.6. The van der Waals surface area contributed by atoms with E-state index in [1.165, 1.54) is 11.1 Å². The second-order valence-electron chi connectivity index (χ2n) is 21.8. The zero-order chi connectivity index (χ0) is 48.9. The number of H-pyrrole nitrogens is 1. The summed E-state index contributed by atoms with van der Waals surface area (Å²) in [6, 6.07) is 22.2. The molecule has 4 unspecified atom stereocenters. The molecule has 0 radical (unpaired) electrons. The van der Waals surface area contributed by atoms with Gasteiger partial charge in [-0.1, -0.05) is 108 Å². The van der Waals surface area contributed by atoms with Gasteiger partial charge in [0, 0.05) is 61.4 Å². The average Bonchev–Trinajstić information content (AvgIpc) is 4.18. The number of nitrogens with two attached hydrogens (primary N) is 1. The van der Waals surface area contributed by atoms with E-state index in [0.29, 0.717) is 49.5 Å². The molecule has 17 heteroatoms. The molecule has 4 atom stereocenters. The summed E-state index contributed by atoms with van der Waals surface area (Å²) in [5.74, 6) is -0.516. The number of aromatic carboxylic acids is 1. The van der Waals surface area contributed by atoms with Crippen molar-refractivity contribution >= 4 is 31.3 Å². The van der Waals surface area contributed by atoms with E-state index in [0.717, 1.165) is 80.3 Å². The lowest BCUT2D eigenvalue weighted by molar-refractivity contribution is 0.0667. The molecule has 4 aromatic heterocycles. The molecule has 0 bridgehead atoms. The second-order valence-corrected chi connectivity index (χ2v) is 27.4. The molecule has 6 heterocycles. The van der Waals surface area contributed by atoms with Crippen molar-refractivity contribution in [3.8, 4) is 0 Å². The van der Waals surface area contributed by atoms with E-state index in [1.807, 2.05) is 46.0 Å². The van der Waals surface area contributed by atoms with Crippen molar-refractivity contribution in [2.24, 2.45) is 10.8 Å². The molecule has 6 aromatic rings. The number of carboxylic acids is 1. The Bertz CT molecular complexity index is 2670. The number of hydrogen-bond acceptors (Lipinski definition) is 10. The smallest absolute Gasteiger partial charge is 0.356 e. The van der Waals surface area contributed by atoms with E-state index in [4.69, 9.17) is 19.9 Å². The number of aromatic amines is 1. The van der Waals surface area contributed by atoms with Crippen molar-refractivity contribution in [2.75, 3.05) is 44.1 Å². The van der Waals surface area contributed by atoms with Crippen LogP contribution in [0.15, 0.2) is 85.5 Å². The summed E-state index contributed by atoms with van der Waals surface area (Å²) in [4.78, 5) is 24.3. The van der Waals surface area contributed by atoms with Crippen LogP contribution in [0, 0.1) is 10.8 Å². The number of anilines is 2. The molecule has 2 aromatic carbocycles. The number of amides is 1. The Hall–Kier alpha value is -5.88. The highest BCUT2D eigenvalue weighted by molar-refractivity contribution is 6.76. The highest BCUT2D eigenvalue weighted by Gasteiger charge is 2.35. The van der Waals surface area contributed by atoms with Gasteiger partial charge in [-0.15, -0.1) is 0 Å². The maximum absolute atomic E-state index is 12.9. The van der Waals surface area contributed by atoms with Gasteiger partial charge in [-0.2, -0.15) is 20.4 Å². The SMILES string of the molecule is CC1(C)CCc2c(C(=O)Nc3cnn(C4COCC4c4ccccc4)c3)n[nH]c2C1.CC1(C)CCc2c(C(=O)O)nn(COCC[Si](C)(C)C)c2C1.Nc1cnn(C2COCC2c2ccccc2)c1. The van der Waals surface area contributed by atoms with Gasteiger partial charge >= 0.3 is 5.97 Å². The Morgan fingerprint density at radius 2 is 1.39 bits per heavy atom. The van der Waals surface area contributed by atoms with Gasteiger partial charge < -0.3 is 30.4 Å². The van der Waals surface area contributed by atoms with Gasteiger partial charge in [-0.05, 0) is 66.5 Å². The molecule has 0 spiro atoms. The Kier molecular flexibility index (Phi) is 15.1. The van der Waals surface area contributed by atoms with Crippen molar-refractivity contribution in [1.82, 2.24) is 39.5 Å². The zero-order valence-corrected chi connectivity index (χ0v) is 42.3. The Morgan fingerprint density at radius 3 is 1.97 bits per heavy atom. The molecule has 16 nitrogen and oxygen atoms in total. The quantitative estimate of drug-likeness (QED) is 0.0674. The van der Waals surface area contributed by atoms with E-state index in [1.54, 1.807) is 17.1 Å². The van der Waals surface area contributed by atoms with E-state index in [2.05, 4.69) is 115 Å². The Balaban J connectivity index is 0.000000146. The molecular weight excluding hydrogens is 889 g/mol. The van der Waals surface area contributed by atoms with Gasteiger partial charge in [0.1, 0.15) is 6.73 Å². The van der Waals surface area contributed by atoms with Crippen molar-refractivity contribution in [1.29, 1.82) is 0 Å². The first kappa shape index (κ1) is 49.5. The molecule has 5 N–H and O–H groups in total. The van der Waals surface area contributed by atoms with Crippen molar-refractivity contribution in [2.45, 2.75) is 123 Å². The minimum absolute atomic E-state index is 0.110. The molecule has 10 rings (SSSR count). The molecule has 69 heavy (non-hydrogen) atoms. The number of rotatable bonds is 12. The van der Waals surface area contributed by atoms with Gasteiger partial charge in [0.05, 0.1) is 62.3 Å². The molecule has 2 aliphatic heterocycles. The molecule has 0 saturated carbocycles. The van der Waals surface area contributed by atoms with Crippen LogP contribution in [0.1, 0.15) is 119 Å². The minimum Gasteiger partial charge on any atom is -0.476 e. The first-order valence-electron chi connectivity index (χ1n) is 24.3. The average molecular weight is 959 g/mol. The number of carbonyl (C=O) groups is 2. The van der Waals surface area contributed by atoms with Crippen molar-refractivity contribution in [3.63, 3.8) is 0 Å². The van der Waals surface area contributed by atoms with Gasteiger partial charge in [0.25, 0.3) is 5.91 Å². The van der Waals surface area contributed by atoms with Crippen LogP contribution < -0.4 is 11.1 Å². The number of carbonyl (C=O) groups excluding carboxylic acids is 1. The van der Waals surface area contributed by atoms with Crippen LogP contribution in [-0.4, -0.2) is 97.6 Å². The largest absolute Gasteiger partial charge is 0.476 e. The molecule has 2 aliphatic carbocycles. The maximum Gasteiger partial charge on any atom is 0.356 e. The first-order chi connectivity index (χ1) is 32.9. The number of nitrogens with one attached hydrogen (secondary N) is 2. The standard InChI is InChI=1S/C23H27N5O2.C16H28N2O3Si.C13H15N3O/c1-23(2)9-8-17-19(10-23)26-27-21(17)22(29)25-16-11-24-28(12-16)20-14-30-13-18(20)15-6-4-3-5-7-15;1-16(2)7-6-12-13(10-16)18(17-14(12)15(19)20)11-21-8-9-22(3,4)5;14-11-6-15-16(7-11)13-9-17-8-12(13)10-4-2-1-3-5-10/h3-7,11-12,18,20H,8-10,13-14H2,1-2H3,(H,25,29)(H,26,27);6-11H2,1-5H3,(H,19,20);1-7,12-13H,8-9,14H2. The molecule has 4 aliphatic rings. The predicted octanol–water partition coefficient (Wildman–Crippen LogP) is 8.96. The van der Waals surface area contributed by atoms with Gasteiger partial charge in [0.15, 0.2) is 11.4 Å². The normalized spacial score (nSPS) is 21.3. The molecule has 1 amide bonds. The number of fused-ring (bicyclic) bond motifs is 2. The van der Waals surface area contributed by atoms with Crippen molar-refractivity contribution in [3.05, 3.63) is 130 Å². The topological polar surface area (TPSA) is 202 Å². The minimum atomic E-state index is -1.11. The molecule has 368 valence electrons. The highest BCUT2D eigenvalue weighted by Crippen LogP contribution is 2.39. The number of nitrogens with zero attached hydrogens (tertiary/aromatic N) is 7. The van der Waals surface area contributed by atoms with Gasteiger partial charge in [-0.25, -0.2) is 9.48 Å². The number of nitrogen functional groups attached to an aromatic ring is 1. The molecule has 2 fully saturated rings. The summed E-state index contributed by atoms with van der Waals surface area (Å²) in [6.07, 6.45) is 12.6. The Morgan fingerprint density at radius 1 is 0.812 bits per heavy atom. The molecule has 2 saturated heterocycles. The Labute approximate surface area is 406 Å². The molecular formula is C52H70N10O6Si. The van der Waals surface area contributed by atoms with Crippen LogP contribution >= 0.6 is 0 Å². The second kappa shape index (κ2) is 21.0. The lowest BCUT2D eigenvalue weighted by Gasteiger charge is -2.30. The van der Waals surface area contributed by atoms with Crippen LogP contribution in [0.4, 0.5) is 11.4 Å². The maximum atomic E-state index is 12.9. The van der Waals surface area contributed by atoms with Crippen LogP contribution in [0.25, 0.3) is 0 Å². The van der Waals surface area contributed by atoms with Crippen LogP contribution in [-0.2, 0) is 46.6 Å². The summed E-state index contributed by atoms with van der Waals surface area (Å²) in [5, 5.41) is 32.8. The monoisotopic (exact) mass is 959 g/mol. The van der Waals surface area contributed by atoms with Crippen LogP contribution in [0.5, 0.6) is 0 Å². The fourth-order valence-corrected chi connectivity index (χ4v) is 10.6. The number of ether oxygens (including phenoxy) is 3. The van der Waals surface area contributed by atoms with E-state index in [-0.39, 0.29) is 40.4 Å². The number of hydrogen-bond donors (Lipinski definition) is 4. The summed E-state index contributed by atoms with van der Waals surface area (Å²) in [5.41, 5.74) is 14.8. The first-order valence-corrected chi connectivity index (χ1v) is 28.0. The summed E-state index contributed by atoms with van der Waals surface area (Å²) < 4.78 is 22.7. The van der Waals surface area contributed by atoms with E-state index in [9.17, 15) is 14.7 Å². The predicted molar refractivity (Wildman–Crippen MR) is 268 cm³/mol. The fraction of sp³-hybridized carbons (Fsp3) is 0.500.